The Kier molecular flexibility index (Phi) is 1.46. The quantitative estimate of drug-likeness (QED) is 0.552. The summed E-state index contributed by atoms with van der Waals surface area (Å²) >= 11 is 2.14. The zero-order valence-electron chi connectivity index (χ0n) is 5.65. The van der Waals surface area contributed by atoms with Crippen LogP contribution in [0.15, 0.2) is 0 Å². The summed E-state index contributed by atoms with van der Waals surface area (Å²) in [6.07, 6.45) is 5.86. The van der Waals surface area contributed by atoms with Crippen LogP contribution in [0.25, 0.3) is 0 Å². The molecule has 2 fully saturated rings. The lowest BCUT2D eigenvalue weighted by atomic mass is 9.81. The molecule has 1 nitrogen and oxygen atoms in total. The molecule has 1 N–H and O–H groups in total. The van der Waals surface area contributed by atoms with Crippen molar-refractivity contribution in [2.75, 3.05) is 12.4 Å². The standard InChI is InChI=1S/C7H13NS/c1-2-7(3-1)4-5-8-6-9-7/h8H,1-6H2. The summed E-state index contributed by atoms with van der Waals surface area (Å²) in [6, 6.07) is 0. The Labute approximate surface area is 60.6 Å². The van der Waals surface area contributed by atoms with E-state index in [0.717, 1.165) is 4.75 Å². The molecule has 0 amide bonds. The second kappa shape index (κ2) is 2.17. The Morgan fingerprint density at radius 1 is 1.22 bits per heavy atom. The topological polar surface area (TPSA) is 12.0 Å². The Bertz CT molecular complexity index is 101. The molecule has 2 rings (SSSR count). The van der Waals surface area contributed by atoms with Gasteiger partial charge >= 0.3 is 0 Å². The predicted octanol–water partition coefficient (Wildman–Crippen LogP) is 1.59. The molecule has 0 bridgehead atoms. The van der Waals surface area contributed by atoms with Crippen molar-refractivity contribution in [2.24, 2.45) is 0 Å². The number of hydrogen-bond donors (Lipinski definition) is 1. The fraction of sp³-hybridized carbons (Fsp3) is 1.00. The SMILES string of the molecule is C1CC2(C1)CCNCS2. The van der Waals surface area contributed by atoms with Gasteiger partial charge in [0.05, 0.1) is 0 Å². The van der Waals surface area contributed by atoms with Gasteiger partial charge in [-0.3, -0.25) is 0 Å². The van der Waals surface area contributed by atoms with Gasteiger partial charge in [0.15, 0.2) is 0 Å². The molecule has 0 unspecified atom stereocenters. The largest absolute Gasteiger partial charge is 0.308 e. The van der Waals surface area contributed by atoms with Crippen LogP contribution in [0.4, 0.5) is 0 Å². The maximum Gasteiger partial charge on any atom is 0.0423 e. The van der Waals surface area contributed by atoms with Crippen molar-refractivity contribution in [1.29, 1.82) is 0 Å². The first-order chi connectivity index (χ1) is 4.41. The minimum atomic E-state index is 0.755. The molecule has 1 spiro atoms. The second-order valence-corrected chi connectivity index (χ2v) is 4.52. The molecule has 0 atom stereocenters. The predicted molar refractivity (Wildman–Crippen MR) is 41.7 cm³/mol. The van der Waals surface area contributed by atoms with E-state index in [-0.39, 0.29) is 0 Å². The third-order valence-corrected chi connectivity index (χ3v) is 4.08. The van der Waals surface area contributed by atoms with Gasteiger partial charge in [0.2, 0.25) is 0 Å². The molecule has 1 aliphatic heterocycles. The second-order valence-electron chi connectivity index (χ2n) is 3.08. The lowest BCUT2D eigenvalue weighted by Crippen LogP contribution is -2.42. The maximum absolute atomic E-state index is 3.37. The molecule has 0 radical (unpaired) electrons. The lowest BCUT2D eigenvalue weighted by Gasteiger charge is -2.44. The molecule has 0 aromatic carbocycles. The van der Waals surface area contributed by atoms with E-state index >= 15 is 0 Å². The van der Waals surface area contributed by atoms with Crippen LogP contribution in [-0.4, -0.2) is 17.2 Å². The first-order valence-electron chi connectivity index (χ1n) is 3.76. The zero-order chi connectivity index (χ0) is 6.16. The van der Waals surface area contributed by atoms with Crippen LogP contribution in [0.5, 0.6) is 0 Å². The fourth-order valence-electron chi connectivity index (χ4n) is 1.63. The lowest BCUT2D eigenvalue weighted by molar-refractivity contribution is 0.329. The van der Waals surface area contributed by atoms with Gasteiger partial charge in [0.1, 0.15) is 0 Å². The summed E-state index contributed by atoms with van der Waals surface area (Å²) in [6.45, 7) is 1.26. The van der Waals surface area contributed by atoms with Gasteiger partial charge in [-0.2, -0.15) is 0 Å². The van der Waals surface area contributed by atoms with Gasteiger partial charge in [-0.25, -0.2) is 0 Å². The molecule has 1 saturated carbocycles. The zero-order valence-corrected chi connectivity index (χ0v) is 6.47. The molecule has 1 saturated heterocycles. The van der Waals surface area contributed by atoms with Crippen molar-refractivity contribution in [3.63, 3.8) is 0 Å². The summed E-state index contributed by atoms with van der Waals surface area (Å²) < 4.78 is 0.755. The van der Waals surface area contributed by atoms with Crippen molar-refractivity contribution >= 4 is 11.8 Å². The van der Waals surface area contributed by atoms with Crippen molar-refractivity contribution < 1.29 is 0 Å². The third-order valence-electron chi connectivity index (χ3n) is 2.50. The minimum Gasteiger partial charge on any atom is -0.308 e. The summed E-state index contributed by atoms with van der Waals surface area (Å²) in [5, 5.41) is 3.37. The molecule has 2 heteroatoms. The van der Waals surface area contributed by atoms with E-state index in [1.165, 1.54) is 38.1 Å². The average molecular weight is 143 g/mol. The van der Waals surface area contributed by atoms with E-state index in [1.807, 2.05) is 0 Å². The van der Waals surface area contributed by atoms with Crippen LogP contribution in [0.1, 0.15) is 25.7 Å². The van der Waals surface area contributed by atoms with Crippen LogP contribution in [0.2, 0.25) is 0 Å². The summed E-state index contributed by atoms with van der Waals surface area (Å²) in [5.41, 5.74) is 0. The smallest absolute Gasteiger partial charge is 0.0423 e. The maximum atomic E-state index is 3.37. The normalized spacial score (nSPS) is 32.0. The highest BCUT2D eigenvalue weighted by Gasteiger charge is 2.38. The number of hydrogen-bond acceptors (Lipinski definition) is 2. The van der Waals surface area contributed by atoms with Gasteiger partial charge in [0.25, 0.3) is 0 Å². The summed E-state index contributed by atoms with van der Waals surface area (Å²) in [4.78, 5) is 0. The van der Waals surface area contributed by atoms with Crippen molar-refractivity contribution in [3.8, 4) is 0 Å². The Morgan fingerprint density at radius 3 is 2.44 bits per heavy atom. The van der Waals surface area contributed by atoms with E-state index in [0.29, 0.717) is 0 Å². The van der Waals surface area contributed by atoms with Gasteiger partial charge in [-0.1, -0.05) is 6.42 Å². The van der Waals surface area contributed by atoms with Gasteiger partial charge < -0.3 is 5.32 Å². The van der Waals surface area contributed by atoms with Gasteiger partial charge in [-0.05, 0) is 25.8 Å². The first kappa shape index (κ1) is 6.05. The molecule has 1 heterocycles. The average Bonchev–Trinajstić information content (AvgIpc) is 1.87. The number of thioether (sulfide) groups is 1. The molecule has 9 heavy (non-hydrogen) atoms. The van der Waals surface area contributed by atoms with Crippen molar-refractivity contribution in [1.82, 2.24) is 5.32 Å². The van der Waals surface area contributed by atoms with E-state index in [2.05, 4.69) is 17.1 Å². The first-order valence-corrected chi connectivity index (χ1v) is 4.75. The molecule has 2 aliphatic rings. The van der Waals surface area contributed by atoms with E-state index in [1.54, 1.807) is 0 Å². The Balaban J connectivity index is 1.93. The molecule has 1 aliphatic carbocycles. The van der Waals surface area contributed by atoms with E-state index in [4.69, 9.17) is 0 Å². The van der Waals surface area contributed by atoms with Crippen LogP contribution in [0.3, 0.4) is 0 Å². The highest BCUT2D eigenvalue weighted by atomic mass is 32.2. The minimum absolute atomic E-state index is 0.755. The molecular formula is C7H13NS. The molecule has 52 valence electrons. The summed E-state index contributed by atoms with van der Waals surface area (Å²) in [7, 11) is 0. The fourth-order valence-corrected chi connectivity index (χ4v) is 3.01. The highest BCUT2D eigenvalue weighted by Crippen LogP contribution is 2.47. The van der Waals surface area contributed by atoms with Crippen molar-refractivity contribution in [3.05, 3.63) is 0 Å². The number of rotatable bonds is 0. The summed E-state index contributed by atoms with van der Waals surface area (Å²) in [5.74, 6) is 1.19. The molecule has 0 aromatic rings. The Morgan fingerprint density at radius 2 is 2.11 bits per heavy atom. The molecular weight excluding hydrogens is 130 g/mol. The van der Waals surface area contributed by atoms with E-state index in [9.17, 15) is 0 Å². The number of nitrogens with one attached hydrogen (secondary N) is 1. The third kappa shape index (κ3) is 0.987. The Hall–Kier alpha value is 0.310. The van der Waals surface area contributed by atoms with E-state index < -0.39 is 0 Å². The van der Waals surface area contributed by atoms with Gasteiger partial charge in [0, 0.05) is 10.6 Å². The highest BCUT2D eigenvalue weighted by molar-refractivity contribution is 8.00. The van der Waals surface area contributed by atoms with Crippen LogP contribution in [-0.2, 0) is 0 Å². The van der Waals surface area contributed by atoms with Gasteiger partial charge in [-0.15, -0.1) is 11.8 Å². The molecule has 0 aromatic heterocycles. The van der Waals surface area contributed by atoms with Crippen LogP contribution < -0.4 is 5.32 Å². The van der Waals surface area contributed by atoms with Crippen LogP contribution >= 0.6 is 11.8 Å². The van der Waals surface area contributed by atoms with Crippen LogP contribution in [0, 0.1) is 0 Å². The van der Waals surface area contributed by atoms with Crippen molar-refractivity contribution in [2.45, 2.75) is 30.4 Å². The monoisotopic (exact) mass is 143 g/mol.